The lowest BCUT2D eigenvalue weighted by molar-refractivity contribution is 0.232. The van der Waals surface area contributed by atoms with Crippen LogP contribution < -0.4 is 10.1 Å². The van der Waals surface area contributed by atoms with Crippen LogP contribution in [0.1, 0.15) is 18.4 Å². The summed E-state index contributed by atoms with van der Waals surface area (Å²) in [5.74, 6) is 0.974. The third-order valence-electron chi connectivity index (χ3n) is 3.16. The molecule has 0 aromatic heterocycles. The summed E-state index contributed by atoms with van der Waals surface area (Å²) < 4.78 is 5.77. The fraction of sp³-hybridized carbons (Fsp3) is 0.571. The third kappa shape index (κ3) is 4.02. The van der Waals surface area contributed by atoms with E-state index in [0.29, 0.717) is 0 Å². The summed E-state index contributed by atoms with van der Waals surface area (Å²) >= 11 is 0. The first-order valence-electron chi connectivity index (χ1n) is 6.36. The van der Waals surface area contributed by atoms with Crippen molar-refractivity contribution in [2.24, 2.45) is 0 Å². The second kappa shape index (κ2) is 6.03. The van der Waals surface area contributed by atoms with Crippen molar-refractivity contribution in [3.63, 3.8) is 0 Å². The van der Waals surface area contributed by atoms with Crippen molar-refractivity contribution >= 4 is 0 Å². The minimum absolute atomic E-state index is 0.774. The number of nitrogens with one attached hydrogen (secondary N) is 1. The van der Waals surface area contributed by atoms with Gasteiger partial charge in [-0.3, -0.25) is 0 Å². The van der Waals surface area contributed by atoms with Gasteiger partial charge in [-0.1, -0.05) is 12.1 Å². The van der Waals surface area contributed by atoms with Gasteiger partial charge < -0.3 is 15.0 Å². The fourth-order valence-electron chi connectivity index (χ4n) is 1.95. The lowest BCUT2D eigenvalue weighted by atomic mass is 10.2. The molecule has 1 saturated carbocycles. The van der Waals surface area contributed by atoms with Crippen molar-refractivity contribution in [3.05, 3.63) is 29.8 Å². The van der Waals surface area contributed by atoms with Gasteiger partial charge in [0, 0.05) is 19.1 Å². The Morgan fingerprint density at radius 1 is 1.41 bits per heavy atom. The molecule has 0 radical (unpaired) electrons. The number of ether oxygens (including phenoxy) is 1. The first-order chi connectivity index (χ1) is 8.29. The van der Waals surface area contributed by atoms with Gasteiger partial charge in [-0.25, -0.2) is 0 Å². The van der Waals surface area contributed by atoms with Crippen molar-refractivity contribution in [1.29, 1.82) is 0 Å². The first kappa shape index (κ1) is 12.4. The van der Waals surface area contributed by atoms with E-state index in [-0.39, 0.29) is 0 Å². The third-order valence-corrected chi connectivity index (χ3v) is 3.16. The average Bonchev–Trinajstić information content (AvgIpc) is 3.14. The minimum Gasteiger partial charge on any atom is -0.492 e. The molecule has 94 valence electrons. The molecule has 1 aliphatic rings. The lowest BCUT2D eigenvalue weighted by Gasteiger charge is -2.16. The Morgan fingerprint density at radius 3 is 2.94 bits per heavy atom. The SMILES string of the molecule is CNCc1cccc(OCCN(C)C2CC2)c1. The molecular weight excluding hydrogens is 212 g/mol. The summed E-state index contributed by atoms with van der Waals surface area (Å²) in [6.45, 7) is 2.68. The van der Waals surface area contributed by atoms with Gasteiger partial charge in [-0.05, 0) is 44.6 Å². The molecule has 0 aliphatic heterocycles. The van der Waals surface area contributed by atoms with Crippen LogP contribution in [0.5, 0.6) is 5.75 Å². The smallest absolute Gasteiger partial charge is 0.119 e. The van der Waals surface area contributed by atoms with E-state index < -0.39 is 0 Å². The highest BCUT2D eigenvalue weighted by Gasteiger charge is 2.25. The van der Waals surface area contributed by atoms with E-state index in [0.717, 1.165) is 31.5 Å². The van der Waals surface area contributed by atoms with Gasteiger partial charge in [0.05, 0.1) is 0 Å². The Bertz CT molecular complexity index is 350. The van der Waals surface area contributed by atoms with Crippen molar-refractivity contribution in [1.82, 2.24) is 10.2 Å². The summed E-state index contributed by atoms with van der Waals surface area (Å²) in [6.07, 6.45) is 2.71. The number of rotatable bonds is 7. The summed E-state index contributed by atoms with van der Waals surface area (Å²) in [5.41, 5.74) is 1.26. The Hall–Kier alpha value is -1.06. The van der Waals surface area contributed by atoms with Crippen LogP contribution in [0.15, 0.2) is 24.3 Å². The largest absolute Gasteiger partial charge is 0.492 e. The van der Waals surface area contributed by atoms with Crippen molar-refractivity contribution in [2.75, 3.05) is 27.2 Å². The predicted octanol–water partition coefficient (Wildman–Crippen LogP) is 1.88. The number of hydrogen-bond acceptors (Lipinski definition) is 3. The average molecular weight is 234 g/mol. The fourth-order valence-corrected chi connectivity index (χ4v) is 1.95. The summed E-state index contributed by atoms with van der Waals surface area (Å²) in [6, 6.07) is 9.10. The van der Waals surface area contributed by atoms with Crippen LogP contribution in [0.4, 0.5) is 0 Å². The van der Waals surface area contributed by atoms with E-state index in [1.165, 1.54) is 18.4 Å². The van der Waals surface area contributed by atoms with E-state index in [4.69, 9.17) is 4.74 Å². The van der Waals surface area contributed by atoms with E-state index >= 15 is 0 Å². The van der Waals surface area contributed by atoms with Crippen LogP contribution in [-0.4, -0.2) is 38.2 Å². The summed E-state index contributed by atoms with van der Waals surface area (Å²) in [7, 11) is 4.14. The molecule has 0 saturated heterocycles. The van der Waals surface area contributed by atoms with Gasteiger partial charge in [0.2, 0.25) is 0 Å². The molecule has 1 aromatic carbocycles. The van der Waals surface area contributed by atoms with Gasteiger partial charge in [-0.15, -0.1) is 0 Å². The maximum absolute atomic E-state index is 5.77. The molecule has 3 nitrogen and oxygen atoms in total. The predicted molar refractivity (Wildman–Crippen MR) is 70.4 cm³/mol. The number of hydrogen-bond donors (Lipinski definition) is 1. The standard InChI is InChI=1S/C14H22N2O/c1-15-11-12-4-3-5-14(10-12)17-9-8-16(2)13-6-7-13/h3-5,10,13,15H,6-9,11H2,1-2H3. The monoisotopic (exact) mass is 234 g/mol. The summed E-state index contributed by atoms with van der Waals surface area (Å²) in [5, 5.41) is 3.14. The highest BCUT2D eigenvalue weighted by atomic mass is 16.5. The number of likely N-dealkylation sites (N-methyl/N-ethyl adjacent to an activating group) is 1. The number of benzene rings is 1. The van der Waals surface area contributed by atoms with Gasteiger partial charge in [0.1, 0.15) is 12.4 Å². The molecule has 1 aromatic rings. The maximum atomic E-state index is 5.77. The highest BCUT2D eigenvalue weighted by molar-refractivity contribution is 5.28. The van der Waals surface area contributed by atoms with Crippen LogP contribution in [0, 0.1) is 0 Å². The van der Waals surface area contributed by atoms with E-state index in [1.54, 1.807) is 0 Å². The van der Waals surface area contributed by atoms with E-state index in [1.807, 2.05) is 19.2 Å². The van der Waals surface area contributed by atoms with Crippen molar-refractivity contribution < 1.29 is 4.74 Å². The second-order valence-electron chi connectivity index (χ2n) is 4.74. The molecule has 17 heavy (non-hydrogen) atoms. The zero-order valence-electron chi connectivity index (χ0n) is 10.8. The molecule has 1 aliphatic carbocycles. The van der Waals surface area contributed by atoms with Gasteiger partial charge in [0.25, 0.3) is 0 Å². The molecular formula is C14H22N2O. The van der Waals surface area contributed by atoms with E-state index in [2.05, 4.69) is 29.4 Å². The van der Waals surface area contributed by atoms with E-state index in [9.17, 15) is 0 Å². The Labute approximate surface area is 104 Å². The topological polar surface area (TPSA) is 24.5 Å². The minimum atomic E-state index is 0.774. The van der Waals surface area contributed by atoms with Crippen LogP contribution in [0.2, 0.25) is 0 Å². The zero-order valence-corrected chi connectivity index (χ0v) is 10.8. The number of nitrogens with zero attached hydrogens (tertiary/aromatic N) is 1. The first-order valence-corrected chi connectivity index (χ1v) is 6.36. The van der Waals surface area contributed by atoms with Gasteiger partial charge in [-0.2, -0.15) is 0 Å². The van der Waals surface area contributed by atoms with Crippen LogP contribution in [0.3, 0.4) is 0 Å². The Balaban J connectivity index is 1.75. The Morgan fingerprint density at radius 2 is 2.24 bits per heavy atom. The maximum Gasteiger partial charge on any atom is 0.119 e. The molecule has 0 atom stereocenters. The van der Waals surface area contributed by atoms with Crippen molar-refractivity contribution in [2.45, 2.75) is 25.4 Å². The molecule has 2 rings (SSSR count). The van der Waals surface area contributed by atoms with Crippen LogP contribution in [0.25, 0.3) is 0 Å². The van der Waals surface area contributed by atoms with Gasteiger partial charge in [0.15, 0.2) is 0 Å². The second-order valence-corrected chi connectivity index (χ2v) is 4.74. The quantitative estimate of drug-likeness (QED) is 0.779. The van der Waals surface area contributed by atoms with Gasteiger partial charge >= 0.3 is 0 Å². The molecule has 1 N–H and O–H groups in total. The highest BCUT2D eigenvalue weighted by Crippen LogP contribution is 2.24. The molecule has 0 spiro atoms. The molecule has 0 heterocycles. The lowest BCUT2D eigenvalue weighted by Crippen LogP contribution is -2.26. The zero-order chi connectivity index (χ0) is 12.1. The molecule has 3 heteroatoms. The Kier molecular flexibility index (Phi) is 4.40. The normalized spacial score (nSPS) is 15.2. The molecule has 0 bridgehead atoms. The molecule has 0 amide bonds. The summed E-state index contributed by atoms with van der Waals surface area (Å²) in [4.78, 5) is 2.39. The van der Waals surface area contributed by atoms with Crippen LogP contribution in [-0.2, 0) is 6.54 Å². The molecule has 1 fully saturated rings. The van der Waals surface area contributed by atoms with Crippen molar-refractivity contribution in [3.8, 4) is 5.75 Å². The van der Waals surface area contributed by atoms with Crippen LogP contribution >= 0.6 is 0 Å². The molecule has 0 unspecified atom stereocenters.